The number of fused-ring (bicyclic) bond motifs is 1. The molecule has 6 heteroatoms. The van der Waals surface area contributed by atoms with Crippen molar-refractivity contribution in [1.82, 2.24) is 15.3 Å². The lowest BCUT2D eigenvalue weighted by molar-refractivity contribution is 0.202. The second-order valence-electron chi connectivity index (χ2n) is 4.26. The molecule has 0 saturated carbocycles. The van der Waals surface area contributed by atoms with Gasteiger partial charge in [0.1, 0.15) is 6.10 Å². The Balaban J connectivity index is 0.00000133. The van der Waals surface area contributed by atoms with Crippen LogP contribution in [0.25, 0.3) is 11.0 Å². The maximum absolute atomic E-state index is 5.84. The van der Waals surface area contributed by atoms with Crippen molar-refractivity contribution in [1.29, 1.82) is 0 Å². The van der Waals surface area contributed by atoms with Gasteiger partial charge in [-0.05, 0) is 25.1 Å². The zero-order chi connectivity index (χ0) is 12.4. The second kappa shape index (κ2) is 6.04. The maximum Gasteiger partial charge on any atom is 0.279 e. The fourth-order valence-electron chi connectivity index (χ4n) is 2.06. The van der Waals surface area contributed by atoms with Gasteiger partial charge in [-0.3, -0.25) is 0 Å². The molecule has 2 aromatic rings. The molecule has 1 aliphatic heterocycles. The normalized spacial score (nSPS) is 18.1. The van der Waals surface area contributed by atoms with Gasteiger partial charge in [0, 0.05) is 6.54 Å². The molecular weight excluding hydrogens is 266 g/mol. The third-order valence-electron chi connectivity index (χ3n) is 3.00. The van der Waals surface area contributed by atoms with Crippen LogP contribution >= 0.6 is 12.4 Å². The summed E-state index contributed by atoms with van der Waals surface area (Å²) >= 11 is 0. The molecule has 0 bridgehead atoms. The van der Waals surface area contributed by atoms with Gasteiger partial charge < -0.3 is 14.8 Å². The van der Waals surface area contributed by atoms with Crippen molar-refractivity contribution in [3.8, 4) is 11.8 Å². The number of methoxy groups -OCH3 is 1. The van der Waals surface area contributed by atoms with E-state index in [4.69, 9.17) is 9.47 Å². The molecule has 0 radical (unpaired) electrons. The van der Waals surface area contributed by atoms with E-state index < -0.39 is 0 Å². The lowest BCUT2D eigenvalue weighted by Gasteiger charge is -2.14. The van der Waals surface area contributed by atoms with Gasteiger partial charge in [0.2, 0.25) is 0 Å². The highest BCUT2D eigenvalue weighted by Gasteiger charge is 2.20. The van der Waals surface area contributed by atoms with Gasteiger partial charge >= 0.3 is 0 Å². The summed E-state index contributed by atoms with van der Waals surface area (Å²) in [6, 6.07) is 7.69. The monoisotopic (exact) mass is 281 g/mol. The SMILES string of the molecule is COc1nc2ccccc2nc1OC1CCNC1.Cl. The highest BCUT2D eigenvalue weighted by atomic mass is 35.5. The number of halogens is 1. The van der Waals surface area contributed by atoms with E-state index in [0.29, 0.717) is 11.8 Å². The summed E-state index contributed by atoms with van der Waals surface area (Å²) in [5, 5.41) is 3.25. The summed E-state index contributed by atoms with van der Waals surface area (Å²) in [5.74, 6) is 0.922. The molecule has 1 unspecified atom stereocenters. The second-order valence-corrected chi connectivity index (χ2v) is 4.26. The topological polar surface area (TPSA) is 56.3 Å². The highest BCUT2D eigenvalue weighted by molar-refractivity contribution is 5.85. The van der Waals surface area contributed by atoms with Crippen LogP contribution in [0.15, 0.2) is 24.3 Å². The van der Waals surface area contributed by atoms with E-state index in [0.717, 1.165) is 30.5 Å². The van der Waals surface area contributed by atoms with Crippen molar-refractivity contribution in [2.24, 2.45) is 0 Å². The van der Waals surface area contributed by atoms with E-state index >= 15 is 0 Å². The molecule has 5 nitrogen and oxygen atoms in total. The summed E-state index contributed by atoms with van der Waals surface area (Å²) in [6.45, 7) is 1.83. The lowest BCUT2D eigenvalue weighted by Crippen LogP contribution is -2.20. The Morgan fingerprint density at radius 2 is 1.84 bits per heavy atom. The molecule has 0 spiro atoms. The first-order valence-electron chi connectivity index (χ1n) is 6.05. The van der Waals surface area contributed by atoms with Gasteiger partial charge in [-0.25, -0.2) is 9.97 Å². The van der Waals surface area contributed by atoms with Gasteiger partial charge in [-0.15, -0.1) is 12.4 Å². The summed E-state index contributed by atoms with van der Waals surface area (Å²) in [6.07, 6.45) is 1.13. The van der Waals surface area contributed by atoms with Gasteiger partial charge in [0.15, 0.2) is 0 Å². The van der Waals surface area contributed by atoms with Crippen LogP contribution in [0.2, 0.25) is 0 Å². The molecule has 1 saturated heterocycles. The molecule has 2 heterocycles. The van der Waals surface area contributed by atoms with Crippen LogP contribution in [0.3, 0.4) is 0 Å². The smallest absolute Gasteiger partial charge is 0.279 e. The molecular formula is C13H16ClN3O2. The molecule has 102 valence electrons. The Hall–Kier alpha value is -1.59. The third-order valence-corrected chi connectivity index (χ3v) is 3.00. The first-order valence-corrected chi connectivity index (χ1v) is 6.05. The zero-order valence-electron chi connectivity index (χ0n) is 10.6. The number of ether oxygens (including phenoxy) is 2. The average Bonchev–Trinajstić information content (AvgIpc) is 2.91. The van der Waals surface area contributed by atoms with E-state index in [2.05, 4.69) is 15.3 Å². The Morgan fingerprint density at radius 3 is 2.42 bits per heavy atom. The standard InChI is InChI=1S/C13H15N3O2.ClH/c1-17-12-13(18-9-6-7-14-8-9)16-11-5-3-2-4-10(11)15-12;/h2-5,9,14H,6-8H2,1H3;1H. The van der Waals surface area contributed by atoms with Gasteiger partial charge in [-0.2, -0.15) is 0 Å². The Labute approximate surface area is 117 Å². The van der Waals surface area contributed by atoms with E-state index in [1.54, 1.807) is 7.11 Å². The minimum Gasteiger partial charge on any atom is -0.477 e. The quantitative estimate of drug-likeness (QED) is 0.930. The molecule has 1 aliphatic rings. The fraction of sp³-hybridized carbons (Fsp3) is 0.385. The number of nitrogens with zero attached hydrogens (tertiary/aromatic N) is 2. The Morgan fingerprint density at radius 1 is 1.16 bits per heavy atom. The minimum atomic E-state index is 0. The van der Waals surface area contributed by atoms with E-state index in [-0.39, 0.29) is 18.5 Å². The predicted octanol–water partition coefficient (Wildman–Crippen LogP) is 1.80. The van der Waals surface area contributed by atoms with Gasteiger partial charge in [-0.1, -0.05) is 12.1 Å². The minimum absolute atomic E-state index is 0. The summed E-state index contributed by atoms with van der Waals surface area (Å²) in [5.41, 5.74) is 1.63. The average molecular weight is 282 g/mol. The molecule has 1 aromatic carbocycles. The highest BCUT2D eigenvalue weighted by Crippen LogP contribution is 2.26. The summed E-state index contributed by atoms with van der Waals surface area (Å²) in [4.78, 5) is 8.88. The number of aromatic nitrogens is 2. The van der Waals surface area contributed by atoms with Crippen molar-refractivity contribution in [2.75, 3.05) is 20.2 Å². The number of nitrogens with one attached hydrogen (secondary N) is 1. The largest absolute Gasteiger partial charge is 0.477 e. The number of benzene rings is 1. The van der Waals surface area contributed by atoms with E-state index in [1.165, 1.54) is 0 Å². The first kappa shape index (κ1) is 13.8. The van der Waals surface area contributed by atoms with Crippen molar-refractivity contribution in [2.45, 2.75) is 12.5 Å². The molecule has 1 N–H and O–H groups in total. The zero-order valence-corrected chi connectivity index (χ0v) is 11.4. The number of hydrogen-bond donors (Lipinski definition) is 1. The van der Waals surface area contributed by atoms with Crippen LogP contribution in [0.5, 0.6) is 11.8 Å². The van der Waals surface area contributed by atoms with Crippen LogP contribution in [-0.2, 0) is 0 Å². The van der Waals surface area contributed by atoms with Crippen molar-refractivity contribution >= 4 is 23.4 Å². The third kappa shape index (κ3) is 2.88. The van der Waals surface area contributed by atoms with Crippen LogP contribution in [0, 0.1) is 0 Å². The molecule has 19 heavy (non-hydrogen) atoms. The summed E-state index contributed by atoms with van der Waals surface area (Å²) < 4.78 is 11.1. The Bertz CT molecular complexity index is 559. The molecule has 0 aliphatic carbocycles. The van der Waals surface area contributed by atoms with Gasteiger partial charge in [0.25, 0.3) is 11.8 Å². The van der Waals surface area contributed by atoms with Crippen molar-refractivity contribution in [3.05, 3.63) is 24.3 Å². The molecule has 1 aromatic heterocycles. The molecule has 1 fully saturated rings. The molecule has 1 atom stereocenters. The Kier molecular flexibility index (Phi) is 4.39. The maximum atomic E-state index is 5.84. The number of para-hydroxylation sites is 2. The first-order chi connectivity index (χ1) is 8.86. The van der Waals surface area contributed by atoms with Crippen LogP contribution in [-0.4, -0.2) is 36.3 Å². The fourth-order valence-corrected chi connectivity index (χ4v) is 2.06. The van der Waals surface area contributed by atoms with E-state index in [1.807, 2.05) is 24.3 Å². The van der Waals surface area contributed by atoms with E-state index in [9.17, 15) is 0 Å². The number of rotatable bonds is 3. The predicted molar refractivity (Wildman–Crippen MR) is 75.2 cm³/mol. The number of hydrogen-bond acceptors (Lipinski definition) is 5. The summed E-state index contributed by atoms with van der Waals surface area (Å²) in [7, 11) is 1.58. The van der Waals surface area contributed by atoms with Crippen LogP contribution < -0.4 is 14.8 Å². The van der Waals surface area contributed by atoms with Crippen molar-refractivity contribution < 1.29 is 9.47 Å². The molecule has 3 rings (SSSR count). The van der Waals surface area contributed by atoms with Gasteiger partial charge in [0.05, 0.1) is 18.1 Å². The van der Waals surface area contributed by atoms with Crippen LogP contribution in [0.1, 0.15) is 6.42 Å². The van der Waals surface area contributed by atoms with Crippen molar-refractivity contribution in [3.63, 3.8) is 0 Å². The lowest BCUT2D eigenvalue weighted by atomic mass is 10.3. The molecule has 0 amide bonds. The van der Waals surface area contributed by atoms with Crippen LogP contribution in [0.4, 0.5) is 0 Å².